The van der Waals surface area contributed by atoms with E-state index >= 15 is 0 Å². The Bertz CT molecular complexity index is 581. The maximum atomic E-state index is 12.5. The molecule has 0 aliphatic carbocycles. The molecule has 94 valence electrons. The Kier molecular flexibility index (Phi) is 3.07. The minimum Gasteiger partial charge on any atom is -0.288 e. The summed E-state index contributed by atoms with van der Waals surface area (Å²) in [5.74, 6) is 0.0463. The molecule has 1 aromatic heterocycles. The number of H-pyrrole nitrogens is 1. The van der Waals surface area contributed by atoms with Crippen LogP contribution in [0.2, 0.25) is 0 Å². The SMILES string of the molecule is Cc1c(C)c(C)c(C(=O)c2cn[nH]c2)c(C)c1C. The molecule has 0 fully saturated rings. The number of hydrogen-bond acceptors (Lipinski definition) is 2. The Hall–Kier alpha value is -1.90. The van der Waals surface area contributed by atoms with Gasteiger partial charge in [-0.2, -0.15) is 5.10 Å². The van der Waals surface area contributed by atoms with Crippen LogP contribution in [0.3, 0.4) is 0 Å². The van der Waals surface area contributed by atoms with Gasteiger partial charge in [0.05, 0.1) is 11.8 Å². The third-order valence-corrected chi connectivity index (χ3v) is 3.99. The summed E-state index contributed by atoms with van der Waals surface area (Å²) in [6.45, 7) is 10.3. The molecule has 0 atom stereocenters. The quantitative estimate of drug-likeness (QED) is 0.822. The summed E-state index contributed by atoms with van der Waals surface area (Å²) in [4.78, 5) is 12.5. The lowest BCUT2D eigenvalue weighted by molar-refractivity contribution is 0.103. The van der Waals surface area contributed by atoms with Crippen LogP contribution in [0.25, 0.3) is 0 Å². The van der Waals surface area contributed by atoms with Crippen LogP contribution in [0.4, 0.5) is 0 Å². The second-order valence-electron chi connectivity index (χ2n) is 4.82. The summed E-state index contributed by atoms with van der Waals surface area (Å²) in [5.41, 5.74) is 7.24. The van der Waals surface area contributed by atoms with Crippen LogP contribution >= 0.6 is 0 Å². The number of carbonyl (C=O) groups excluding carboxylic acids is 1. The molecule has 1 N–H and O–H groups in total. The first-order valence-electron chi connectivity index (χ1n) is 6.05. The van der Waals surface area contributed by atoms with Crippen molar-refractivity contribution in [2.24, 2.45) is 0 Å². The van der Waals surface area contributed by atoms with Crippen molar-refractivity contribution in [2.45, 2.75) is 34.6 Å². The van der Waals surface area contributed by atoms with Crippen molar-refractivity contribution in [1.82, 2.24) is 10.2 Å². The summed E-state index contributed by atoms with van der Waals surface area (Å²) >= 11 is 0. The highest BCUT2D eigenvalue weighted by Crippen LogP contribution is 2.27. The molecule has 0 radical (unpaired) electrons. The molecular formula is C15H18N2O. The van der Waals surface area contributed by atoms with Gasteiger partial charge in [-0.1, -0.05) is 0 Å². The van der Waals surface area contributed by atoms with Crippen molar-refractivity contribution in [1.29, 1.82) is 0 Å². The number of carbonyl (C=O) groups is 1. The molecule has 0 unspecified atom stereocenters. The summed E-state index contributed by atoms with van der Waals surface area (Å²) < 4.78 is 0. The fourth-order valence-electron chi connectivity index (χ4n) is 2.36. The average Bonchev–Trinajstić information content (AvgIpc) is 2.88. The van der Waals surface area contributed by atoms with E-state index < -0.39 is 0 Å². The Balaban J connectivity index is 2.69. The van der Waals surface area contributed by atoms with E-state index in [-0.39, 0.29) is 5.78 Å². The van der Waals surface area contributed by atoms with E-state index in [1.54, 1.807) is 12.4 Å². The van der Waals surface area contributed by atoms with E-state index in [1.165, 1.54) is 16.7 Å². The van der Waals surface area contributed by atoms with Crippen LogP contribution in [-0.4, -0.2) is 16.0 Å². The fourth-order valence-corrected chi connectivity index (χ4v) is 2.36. The van der Waals surface area contributed by atoms with Gasteiger partial charge in [-0.25, -0.2) is 0 Å². The summed E-state index contributed by atoms with van der Waals surface area (Å²) in [7, 11) is 0. The standard InChI is InChI=1S/C15H18N2O/c1-8-9(2)11(4)14(12(5)10(8)3)15(18)13-6-16-17-7-13/h6-7H,1-5H3,(H,16,17). The first-order valence-corrected chi connectivity index (χ1v) is 6.05. The van der Waals surface area contributed by atoms with Gasteiger partial charge in [0.15, 0.2) is 5.78 Å². The van der Waals surface area contributed by atoms with Crippen molar-refractivity contribution in [3.05, 3.63) is 51.3 Å². The molecule has 0 saturated heterocycles. The highest BCUT2D eigenvalue weighted by molar-refractivity contribution is 6.11. The Morgan fingerprint density at radius 3 is 1.89 bits per heavy atom. The van der Waals surface area contributed by atoms with Gasteiger partial charge in [0, 0.05) is 11.8 Å². The molecule has 0 amide bonds. The molecule has 0 aliphatic heterocycles. The monoisotopic (exact) mass is 242 g/mol. The third kappa shape index (κ3) is 1.76. The lowest BCUT2D eigenvalue weighted by atomic mass is 9.86. The summed E-state index contributed by atoms with van der Waals surface area (Å²) in [6, 6.07) is 0. The number of rotatable bonds is 2. The average molecular weight is 242 g/mol. The minimum absolute atomic E-state index is 0.0463. The molecule has 1 aromatic carbocycles. The van der Waals surface area contributed by atoms with E-state index in [9.17, 15) is 4.79 Å². The summed E-state index contributed by atoms with van der Waals surface area (Å²) in [6.07, 6.45) is 3.22. The molecule has 2 aromatic rings. The highest BCUT2D eigenvalue weighted by Gasteiger charge is 2.19. The van der Waals surface area contributed by atoms with Gasteiger partial charge < -0.3 is 0 Å². The van der Waals surface area contributed by atoms with Crippen LogP contribution in [0.15, 0.2) is 12.4 Å². The van der Waals surface area contributed by atoms with Gasteiger partial charge in [-0.05, 0) is 62.4 Å². The maximum Gasteiger partial charge on any atom is 0.196 e. The topological polar surface area (TPSA) is 45.8 Å². The molecule has 18 heavy (non-hydrogen) atoms. The zero-order chi connectivity index (χ0) is 13.4. The van der Waals surface area contributed by atoms with Gasteiger partial charge >= 0.3 is 0 Å². The number of hydrogen-bond donors (Lipinski definition) is 1. The minimum atomic E-state index is 0.0463. The maximum absolute atomic E-state index is 12.5. The third-order valence-electron chi connectivity index (χ3n) is 3.99. The first kappa shape index (κ1) is 12.6. The number of benzene rings is 1. The molecule has 0 aliphatic rings. The molecule has 1 heterocycles. The lowest BCUT2D eigenvalue weighted by Crippen LogP contribution is -2.10. The predicted molar refractivity (Wildman–Crippen MR) is 72.1 cm³/mol. The van der Waals surface area contributed by atoms with E-state index in [4.69, 9.17) is 0 Å². The van der Waals surface area contributed by atoms with E-state index in [1.807, 2.05) is 13.8 Å². The Labute approximate surface area is 107 Å². The molecular weight excluding hydrogens is 224 g/mol. The second kappa shape index (κ2) is 4.41. The molecule has 3 nitrogen and oxygen atoms in total. The fraction of sp³-hybridized carbons (Fsp3) is 0.333. The van der Waals surface area contributed by atoms with Gasteiger partial charge in [-0.15, -0.1) is 0 Å². The molecule has 3 heteroatoms. The van der Waals surface area contributed by atoms with Gasteiger partial charge in [0.2, 0.25) is 0 Å². The number of aromatic amines is 1. The van der Waals surface area contributed by atoms with Crippen LogP contribution in [0.1, 0.15) is 43.7 Å². The largest absolute Gasteiger partial charge is 0.288 e. The first-order chi connectivity index (χ1) is 8.45. The van der Waals surface area contributed by atoms with E-state index in [0.717, 1.165) is 16.7 Å². The van der Waals surface area contributed by atoms with Crippen molar-refractivity contribution < 1.29 is 4.79 Å². The smallest absolute Gasteiger partial charge is 0.196 e. The van der Waals surface area contributed by atoms with Gasteiger partial charge in [0.25, 0.3) is 0 Å². The van der Waals surface area contributed by atoms with Crippen LogP contribution in [-0.2, 0) is 0 Å². The number of nitrogens with one attached hydrogen (secondary N) is 1. The van der Waals surface area contributed by atoms with Crippen molar-refractivity contribution in [3.63, 3.8) is 0 Å². The Morgan fingerprint density at radius 1 is 0.944 bits per heavy atom. The van der Waals surface area contributed by atoms with Gasteiger partial charge in [0.1, 0.15) is 0 Å². The van der Waals surface area contributed by atoms with E-state index in [0.29, 0.717) is 5.56 Å². The predicted octanol–water partition coefficient (Wildman–Crippen LogP) is 3.18. The number of nitrogens with zero attached hydrogens (tertiary/aromatic N) is 1. The molecule has 0 saturated carbocycles. The van der Waals surface area contributed by atoms with Crippen LogP contribution in [0.5, 0.6) is 0 Å². The molecule has 2 rings (SSSR count). The van der Waals surface area contributed by atoms with Crippen molar-refractivity contribution in [3.8, 4) is 0 Å². The number of ketones is 1. The highest BCUT2D eigenvalue weighted by atomic mass is 16.1. The zero-order valence-corrected chi connectivity index (χ0v) is 11.5. The van der Waals surface area contributed by atoms with E-state index in [2.05, 4.69) is 31.0 Å². The van der Waals surface area contributed by atoms with Crippen molar-refractivity contribution >= 4 is 5.78 Å². The van der Waals surface area contributed by atoms with Crippen LogP contribution < -0.4 is 0 Å². The normalized spacial score (nSPS) is 10.7. The second-order valence-corrected chi connectivity index (χ2v) is 4.82. The number of aromatic nitrogens is 2. The van der Waals surface area contributed by atoms with Gasteiger partial charge in [-0.3, -0.25) is 9.89 Å². The summed E-state index contributed by atoms with van der Waals surface area (Å²) in [5, 5.41) is 6.53. The molecule has 0 spiro atoms. The lowest BCUT2D eigenvalue weighted by Gasteiger charge is -2.17. The Morgan fingerprint density at radius 2 is 1.44 bits per heavy atom. The van der Waals surface area contributed by atoms with Crippen molar-refractivity contribution in [2.75, 3.05) is 0 Å². The zero-order valence-electron chi connectivity index (χ0n) is 11.5. The van der Waals surface area contributed by atoms with Crippen LogP contribution in [0, 0.1) is 34.6 Å². The molecule has 0 bridgehead atoms.